The van der Waals surface area contributed by atoms with Crippen LogP contribution in [0.25, 0.3) is 0 Å². The van der Waals surface area contributed by atoms with Crippen LogP contribution in [0.15, 0.2) is 36.5 Å². The van der Waals surface area contributed by atoms with Gasteiger partial charge in [-0.3, -0.25) is 4.79 Å². The van der Waals surface area contributed by atoms with E-state index in [9.17, 15) is 30.3 Å². The topological polar surface area (TPSA) is 149 Å². The molecule has 0 radical (unpaired) electrons. The molecule has 0 bridgehead atoms. The van der Waals surface area contributed by atoms with E-state index < -0.39 is 49.5 Å². The smallest absolute Gasteiger partial charge is 0.220 e. The van der Waals surface area contributed by atoms with Gasteiger partial charge in [0, 0.05) is 6.42 Å². The molecule has 9 heteroatoms. The van der Waals surface area contributed by atoms with Crippen molar-refractivity contribution in [3.05, 3.63) is 36.5 Å². The third kappa shape index (κ3) is 48.7. The summed E-state index contributed by atoms with van der Waals surface area (Å²) in [5, 5.41) is 54.7. The number of allylic oxidation sites excluding steroid dienone is 5. The molecule has 1 saturated heterocycles. The van der Waals surface area contributed by atoms with E-state index in [1.54, 1.807) is 6.08 Å². The Morgan fingerprint density at radius 3 is 1.05 bits per heavy atom. The van der Waals surface area contributed by atoms with E-state index in [0.717, 1.165) is 44.9 Å². The molecular weight excluding hydrogens is 995 g/mol. The molecule has 0 aromatic rings. The average molecular weight is 1130 g/mol. The van der Waals surface area contributed by atoms with Crippen molar-refractivity contribution in [3.8, 4) is 0 Å². The van der Waals surface area contributed by atoms with E-state index in [-0.39, 0.29) is 12.5 Å². The van der Waals surface area contributed by atoms with Gasteiger partial charge in [0.15, 0.2) is 6.29 Å². The van der Waals surface area contributed by atoms with Gasteiger partial charge in [-0.15, -0.1) is 0 Å². The minimum atomic E-state index is -1.57. The number of aliphatic hydroxyl groups is 5. The number of carbonyl (C=O) groups is 1. The van der Waals surface area contributed by atoms with Gasteiger partial charge in [-0.25, -0.2) is 0 Å². The third-order valence-corrected chi connectivity index (χ3v) is 16.9. The summed E-state index contributed by atoms with van der Waals surface area (Å²) < 4.78 is 11.3. The highest BCUT2D eigenvalue weighted by atomic mass is 16.7. The maximum absolute atomic E-state index is 13.1. The van der Waals surface area contributed by atoms with E-state index in [1.165, 1.54) is 289 Å². The molecule has 1 heterocycles. The van der Waals surface area contributed by atoms with Crippen molar-refractivity contribution in [1.29, 1.82) is 0 Å². The standard InChI is InChI=1S/C71H135NO8/c1-3-5-7-9-11-13-15-17-19-21-23-25-27-29-31-33-34-36-38-40-42-44-46-48-50-52-54-56-58-60-65(74)64(63-79-71-70(78)69(77)68(76)66(62-73)80-71)72-67(75)61-59-57-55-53-51-49-47-45-43-41-39-37-35-32-30-28-26-24-22-20-18-16-14-12-10-8-6-4-2/h42,44,50,52,58,60,64-66,68-71,73-74,76-78H,3-41,43,45-49,51,53-57,59,61-63H2,1-2H3,(H,72,75)/b44-42+,52-50+,60-58+. The predicted octanol–water partition coefficient (Wildman–Crippen LogP) is 19.0. The Labute approximate surface area is 495 Å². The summed E-state index contributed by atoms with van der Waals surface area (Å²) in [4.78, 5) is 13.1. The van der Waals surface area contributed by atoms with Gasteiger partial charge in [-0.1, -0.05) is 339 Å². The number of rotatable bonds is 62. The van der Waals surface area contributed by atoms with Gasteiger partial charge >= 0.3 is 0 Å². The molecule has 0 aromatic carbocycles. The minimum absolute atomic E-state index is 0.183. The predicted molar refractivity (Wildman–Crippen MR) is 341 cm³/mol. The van der Waals surface area contributed by atoms with Crippen LogP contribution in [0.1, 0.15) is 354 Å². The average Bonchev–Trinajstić information content (AvgIpc) is 3.46. The Hall–Kier alpha value is -1.59. The quantitative estimate of drug-likeness (QED) is 0.0261. The van der Waals surface area contributed by atoms with E-state index >= 15 is 0 Å². The van der Waals surface area contributed by atoms with Crippen LogP contribution in [0.4, 0.5) is 0 Å². The van der Waals surface area contributed by atoms with Crippen LogP contribution in [0, 0.1) is 0 Å². The molecule has 7 atom stereocenters. The number of hydrogen-bond donors (Lipinski definition) is 6. The SMILES string of the molecule is CCCCCCCCCCCCCCCCCCCCC/C=C/CC/C=C/CC/C=C/C(O)C(COC1OC(CO)C(O)C(O)C1O)NC(=O)CCCCCCCCCCCCCCCCCCCCCCCCCCCCCC. The van der Waals surface area contributed by atoms with E-state index in [4.69, 9.17) is 9.47 Å². The number of amides is 1. The van der Waals surface area contributed by atoms with Gasteiger partial charge in [0.25, 0.3) is 0 Å². The zero-order valence-electron chi connectivity index (χ0n) is 52.9. The lowest BCUT2D eigenvalue weighted by Crippen LogP contribution is -2.60. The van der Waals surface area contributed by atoms with Gasteiger partial charge in [0.1, 0.15) is 24.4 Å². The largest absolute Gasteiger partial charge is 0.394 e. The molecule has 80 heavy (non-hydrogen) atoms. The number of hydrogen-bond acceptors (Lipinski definition) is 8. The first-order valence-corrected chi connectivity index (χ1v) is 35.2. The van der Waals surface area contributed by atoms with Gasteiger partial charge in [0.05, 0.1) is 25.4 Å². The van der Waals surface area contributed by atoms with Gasteiger partial charge in [-0.05, 0) is 44.9 Å². The summed E-state index contributed by atoms with van der Waals surface area (Å²) in [5.41, 5.74) is 0. The second kappa shape index (κ2) is 60.5. The van der Waals surface area contributed by atoms with Crippen molar-refractivity contribution in [2.75, 3.05) is 13.2 Å². The van der Waals surface area contributed by atoms with Crippen LogP contribution in [-0.2, 0) is 14.3 Å². The number of carbonyl (C=O) groups excluding carboxylic acids is 1. The van der Waals surface area contributed by atoms with Crippen LogP contribution in [-0.4, -0.2) is 87.5 Å². The number of nitrogens with one attached hydrogen (secondary N) is 1. The Bertz CT molecular complexity index is 1360. The molecule has 0 aromatic heterocycles. The molecule has 1 aliphatic heterocycles. The Morgan fingerprint density at radius 2 is 0.713 bits per heavy atom. The van der Waals surface area contributed by atoms with Crippen molar-refractivity contribution >= 4 is 5.91 Å². The van der Waals surface area contributed by atoms with Crippen molar-refractivity contribution in [2.24, 2.45) is 0 Å². The number of unbranched alkanes of at least 4 members (excludes halogenated alkanes) is 48. The zero-order valence-corrected chi connectivity index (χ0v) is 52.9. The first-order valence-electron chi connectivity index (χ1n) is 35.2. The van der Waals surface area contributed by atoms with Crippen LogP contribution in [0.2, 0.25) is 0 Å². The second-order valence-electron chi connectivity index (χ2n) is 24.7. The number of ether oxygens (including phenoxy) is 2. The fourth-order valence-electron chi connectivity index (χ4n) is 11.4. The summed E-state index contributed by atoms with van der Waals surface area (Å²) in [7, 11) is 0. The molecular formula is C71H135NO8. The fraction of sp³-hybridized carbons (Fsp3) is 0.901. The molecule has 9 nitrogen and oxygen atoms in total. The van der Waals surface area contributed by atoms with Crippen molar-refractivity contribution < 1.29 is 39.8 Å². The Kier molecular flexibility index (Phi) is 57.8. The summed E-state index contributed by atoms with van der Waals surface area (Å²) in [6.45, 7) is 3.82. The fourth-order valence-corrected chi connectivity index (χ4v) is 11.4. The second-order valence-corrected chi connectivity index (χ2v) is 24.7. The Balaban J connectivity index is 2.16. The normalized spacial score (nSPS) is 18.6. The summed E-state index contributed by atoms with van der Waals surface area (Å²) in [5.74, 6) is -0.183. The molecule has 0 saturated carbocycles. The maximum Gasteiger partial charge on any atom is 0.220 e. The lowest BCUT2D eigenvalue weighted by Gasteiger charge is -2.40. The third-order valence-electron chi connectivity index (χ3n) is 16.9. The maximum atomic E-state index is 13.1. The molecule has 1 fully saturated rings. The van der Waals surface area contributed by atoms with E-state index in [1.807, 2.05) is 6.08 Å². The molecule has 0 aliphatic carbocycles. The Morgan fingerprint density at radius 1 is 0.412 bits per heavy atom. The van der Waals surface area contributed by atoms with Crippen molar-refractivity contribution in [1.82, 2.24) is 5.32 Å². The highest BCUT2D eigenvalue weighted by molar-refractivity contribution is 5.76. The van der Waals surface area contributed by atoms with Crippen LogP contribution in [0.3, 0.4) is 0 Å². The van der Waals surface area contributed by atoms with Crippen LogP contribution in [0.5, 0.6) is 0 Å². The molecule has 0 spiro atoms. The van der Waals surface area contributed by atoms with E-state index in [0.29, 0.717) is 6.42 Å². The van der Waals surface area contributed by atoms with Crippen molar-refractivity contribution in [3.63, 3.8) is 0 Å². The molecule has 1 rings (SSSR count). The highest BCUT2D eigenvalue weighted by Crippen LogP contribution is 2.23. The van der Waals surface area contributed by atoms with Crippen LogP contribution < -0.4 is 5.32 Å². The monoisotopic (exact) mass is 1130 g/mol. The van der Waals surface area contributed by atoms with Gasteiger partial charge < -0.3 is 40.3 Å². The summed E-state index contributed by atoms with van der Waals surface area (Å²) in [6, 6.07) is -0.828. The minimum Gasteiger partial charge on any atom is -0.394 e. The summed E-state index contributed by atoms with van der Waals surface area (Å²) >= 11 is 0. The van der Waals surface area contributed by atoms with Gasteiger partial charge in [-0.2, -0.15) is 0 Å². The molecule has 1 amide bonds. The lowest BCUT2D eigenvalue weighted by atomic mass is 9.99. The van der Waals surface area contributed by atoms with Crippen LogP contribution >= 0.6 is 0 Å². The first-order chi connectivity index (χ1) is 39.3. The number of aliphatic hydroxyl groups excluding tert-OH is 5. The summed E-state index contributed by atoms with van der Waals surface area (Å²) in [6.07, 6.45) is 74.1. The first kappa shape index (κ1) is 76.4. The molecule has 7 unspecified atom stereocenters. The zero-order chi connectivity index (χ0) is 57.9. The molecule has 472 valence electrons. The highest BCUT2D eigenvalue weighted by Gasteiger charge is 2.44. The molecule has 6 N–H and O–H groups in total. The van der Waals surface area contributed by atoms with Gasteiger partial charge in [0.2, 0.25) is 5.91 Å². The van der Waals surface area contributed by atoms with E-state index in [2.05, 4.69) is 43.5 Å². The molecule has 1 aliphatic rings. The lowest BCUT2D eigenvalue weighted by molar-refractivity contribution is -0.302. The van der Waals surface area contributed by atoms with Crippen molar-refractivity contribution in [2.45, 2.75) is 397 Å².